The number of aryl methyl sites for hydroxylation is 2. The van der Waals surface area contributed by atoms with E-state index in [0.29, 0.717) is 18.9 Å². The first kappa shape index (κ1) is 15.8. The van der Waals surface area contributed by atoms with Crippen LogP contribution >= 0.6 is 22.9 Å². The zero-order chi connectivity index (χ0) is 15.1. The van der Waals surface area contributed by atoms with Crippen molar-refractivity contribution in [1.82, 2.24) is 25.4 Å². The summed E-state index contributed by atoms with van der Waals surface area (Å²) in [6, 6.07) is 3.77. The van der Waals surface area contributed by atoms with Gasteiger partial charge in [0.25, 0.3) is 0 Å². The van der Waals surface area contributed by atoms with Crippen LogP contribution in [0.3, 0.4) is 0 Å². The average molecular weight is 328 g/mol. The van der Waals surface area contributed by atoms with Crippen LogP contribution in [-0.2, 0) is 20.0 Å². The van der Waals surface area contributed by atoms with Gasteiger partial charge in [0.15, 0.2) is 5.82 Å². The van der Waals surface area contributed by atoms with Gasteiger partial charge in [0.2, 0.25) is 0 Å². The Morgan fingerprint density at radius 3 is 2.90 bits per heavy atom. The molecule has 0 atom stereocenters. The number of halogens is 1. The van der Waals surface area contributed by atoms with E-state index in [0.717, 1.165) is 23.6 Å². The van der Waals surface area contributed by atoms with Gasteiger partial charge in [-0.25, -0.2) is 9.78 Å². The van der Waals surface area contributed by atoms with Crippen molar-refractivity contribution < 1.29 is 4.79 Å². The molecule has 0 saturated heterocycles. The van der Waals surface area contributed by atoms with Gasteiger partial charge >= 0.3 is 6.03 Å². The molecule has 21 heavy (non-hydrogen) atoms. The van der Waals surface area contributed by atoms with Crippen LogP contribution in [0.1, 0.15) is 23.5 Å². The van der Waals surface area contributed by atoms with Gasteiger partial charge in [0.05, 0.1) is 10.9 Å². The van der Waals surface area contributed by atoms with E-state index in [1.165, 1.54) is 4.88 Å². The number of carbonyl (C=O) groups is 1. The summed E-state index contributed by atoms with van der Waals surface area (Å²) < 4.78 is 2.43. The largest absolute Gasteiger partial charge is 0.338 e. The van der Waals surface area contributed by atoms with Gasteiger partial charge in [-0.05, 0) is 31.4 Å². The molecule has 0 radical (unpaired) electrons. The van der Waals surface area contributed by atoms with Crippen LogP contribution in [0.25, 0.3) is 0 Å². The molecule has 2 rings (SSSR count). The summed E-state index contributed by atoms with van der Waals surface area (Å²) >= 11 is 7.48. The molecule has 0 bridgehead atoms. The lowest BCUT2D eigenvalue weighted by molar-refractivity contribution is 0.240. The van der Waals surface area contributed by atoms with Crippen molar-refractivity contribution in [2.75, 3.05) is 6.54 Å². The van der Waals surface area contributed by atoms with Crippen LogP contribution in [0.4, 0.5) is 4.79 Å². The topological polar surface area (TPSA) is 71.8 Å². The molecule has 6 nitrogen and oxygen atoms in total. The molecule has 0 aromatic carbocycles. The van der Waals surface area contributed by atoms with E-state index >= 15 is 0 Å². The van der Waals surface area contributed by atoms with E-state index in [1.54, 1.807) is 29.4 Å². The number of rotatable bonds is 7. The van der Waals surface area contributed by atoms with Gasteiger partial charge < -0.3 is 10.6 Å². The van der Waals surface area contributed by atoms with Crippen molar-refractivity contribution in [1.29, 1.82) is 0 Å². The molecule has 114 valence electrons. The maximum absolute atomic E-state index is 11.6. The van der Waals surface area contributed by atoms with Gasteiger partial charge in [-0.15, -0.1) is 11.3 Å². The van der Waals surface area contributed by atoms with Gasteiger partial charge in [-0.3, -0.25) is 4.68 Å². The highest BCUT2D eigenvalue weighted by atomic mass is 35.5. The first-order valence-electron chi connectivity index (χ1n) is 6.74. The smallest absolute Gasteiger partial charge is 0.315 e. The Bertz CT molecular complexity index is 583. The third-order valence-electron chi connectivity index (χ3n) is 2.82. The summed E-state index contributed by atoms with van der Waals surface area (Å²) in [5.74, 6) is 0.599. The number of amides is 2. The minimum Gasteiger partial charge on any atom is -0.338 e. The van der Waals surface area contributed by atoms with Gasteiger partial charge in [-0.1, -0.05) is 11.6 Å². The van der Waals surface area contributed by atoms with Crippen molar-refractivity contribution in [2.45, 2.75) is 25.8 Å². The number of carbonyl (C=O) groups excluding carboxylic acids is 1. The number of hydrogen-bond acceptors (Lipinski definition) is 4. The van der Waals surface area contributed by atoms with E-state index < -0.39 is 0 Å². The molecule has 0 spiro atoms. The number of thiophene rings is 1. The van der Waals surface area contributed by atoms with Crippen LogP contribution in [0.5, 0.6) is 0 Å². The first-order valence-corrected chi connectivity index (χ1v) is 7.93. The van der Waals surface area contributed by atoms with Crippen LogP contribution in [-0.4, -0.2) is 27.3 Å². The fraction of sp³-hybridized carbons (Fsp3) is 0.462. The summed E-state index contributed by atoms with van der Waals surface area (Å²) in [6.45, 7) is 0.987. The van der Waals surface area contributed by atoms with Crippen molar-refractivity contribution in [2.24, 2.45) is 7.05 Å². The zero-order valence-electron chi connectivity index (χ0n) is 11.8. The Balaban J connectivity index is 1.53. The second kappa shape index (κ2) is 7.99. The standard InChI is InChI=1S/C13H18ClN5OS/c1-19-9-17-12(18-19)8-16-13(20)15-7-3-2-4-10-5-6-11(14)21-10/h5-6,9H,2-4,7-8H2,1H3,(H2,15,16,20). The molecule has 2 heterocycles. The SMILES string of the molecule is Cn1cnc(CNC(=O)NCCCCc2ccc(Cl)s2)n1. The molecule has 8 heteroatoms. The van der Waals surface area contributed by atoms with Crippen LogP contribution in [0.15, 0.2) is 18.5 Å². The number of aromatic nitrogens is 3. The average Bonchev–Trinajstić information content (AvgIpc) is 3.05. The second-order valence-corrected chi connectivity index (χ2v) is 6.41. The van der Waals surface area contributed by atoms with Crippen LogP contribution < -0.4 is 10.6 Å². The van der Waals surface area contributed by atoms with Gasteiger partial charge in [0.1, 0.15) is 6.33 Å². The summed E-state index contributed by atoms with van der Waals surface area (Å²) in [4.78, 5) is 16.9. The predicted molar refractivity (Wildman–Crippen MR) is 83.5 cm³/mol. The Morgan fingerprint density at radius 1 is 1.38 bits per heavy atom. The number of urea groups is 1. The molecule has 2 aromatic rings. The molecular weight excluding hydrogens is 310 g/mol. The summed E-state index contributed by atoms with van der Waals surface area (Å²) in [5.41, 5.74) is 0. The van der Waals surface area contributed by atoms with Gasteiger partial charge in [0, 0.05) is 18.5 Å². The highest BCUT2D eigenvalue weighted by molar-refractivity contribution is 7.16. The summed E-state index contributed by atoms with van der Waals surface area (Å²) in [6.07, 6.45) is 4.56. The lowest BCUT2D eigenvalue weighted by atomic mass is 10.2. The lowest BCUT2D eigenvalue weighted by Gasteiger charge is -2.05. The predicted octanol–water partition coefficient (Wildman–Crippen LogP) is 2.35. The Kier molecular flexibility index (Phi) is 6.01. The fourth-order valence-corrected chi connectivity index (χ4v) is 2.93. The third kappa shape index (κ3) is 5.73. The maximum atomic E-state index is 11.6. The number of hydrogen-bond donors (Lipinski definition) is 2. The third-order valence-corrected chi connectivity index (χ3v) is 4.11. The molecule has 0 saturated carbocycles. The van der Waals surface area contributed by atoms with E-state index in [1.807, 2.05) is 12.1 Å². The normalized spacial score (nSPS) is 10.6. The molecule has 0 aliphatic heterocycles. The Labute approximate surface area is 132 Å². The molecule has 2 N–H and O–H groups in total. The number of nitrogens with zero attached hydrogens (tertiary/aromatic N) is 3. The number of nitrogens with one attached hydrogen (secondary N) is 2. The minimum absolute atomic E-state index is 0.193. The summed E-state index contributed by atoms with van der Waals surface area (Å²) in [7, 11) is 1.79. The molecule has 2 amide bonds. The number of unbranched alkanes of at least 4 members (excludes halogenated alkanes) is 1. The van der Waals surface area contributed by atoms with Crippen LogP contribution in [0, 0.1) is 0 Å². The first-order chi connectivity index (χ1) is 10.1. The van der Waals surface area contributed by atoms with E-state index in [4.69, 9.17) is 11.6 Å². The van der Waals surface area contributed by atoms with Crippen LogP contribution in [0.2, 0.25) is 4.34 Å². The highest BCUT2D eigenvalue weighted by Crippen LogP contribution is 2.22. The molecule has 0 aliphatic carbocycles. The van der Waals surface area contributed by atoms with Gasteiger partial charge in [-0.2, -0.15) is 5.10 Å². The second-order valence-electron chi connectivity index (χ2n) is 4.61. The minimum atomic E-state index is -0.193. The quantitative estimate of drug-likeness (QED) is 0.767. The van der Waals surface area contributed by atoms with Crippen molar-refractivity contribution >= 4 is 29.0 Å². The molecular formula is C13H18ClN5OS. The monoisotopic (exact) mass is 327 g/mol. The molecule has 0 fully saturated rings. The zero-order valence-corrected chi connectivity index (χ0v) is 13.4. The molecule has 0 unspecified atom stereocenters. The fourth-order valence-electron chi connectivity index (χ4n) is 1.80. The lowest BCUT2D eigenvalue weighted by Crippen LogP contribution is -2.35. The molecule has 2 aromatic heterocycles. The summed E-state index contributed by atoms with van der Waals surface area (Å²) in [5, 5.41) is 9.62. The van der Waals surface area contributed by atoms with E-state index in [2.05, 4.69) is 20.7 Å². The molecule has 0 aliphatic rings. The van der Waals surface area contributed by atoms with Crippen molar-refractivity contribution in [3.8, 4) is 0 Å². The van der Waals surface area contributed by atoms with E-state index in [9.17, 15) is 4.79 Å². The van der Waals surface area contributed by atoms with Crippen molar-refractivity contribution in [3.63, 3.8) is 0 Å². The maximum Gasteiger partial charge on any atom is 0.315 e. The Hall–Kier alpha value is -1.60. The van der Waals surface area contributed by atoms with Crippen molar-refractivity contribution in [3.05, 3.63) is 33.5 Å². The highest BCUT2D eigenvalue weighted by Gasteiger charge is 2.03. The van der Waals surface area contributed by atoms with E-state index in [-0.39, 0.29) is 6.03 Å². The Morgan fingerprint density at radius 2 is 2.24 bits per heavy atom.